The van der Waals surface area contributed by atoms with Crippen LogP contribution in [0.2, 0.25) is 0 Å². The fourth-order valence-electron chi connectivity index (χ4n) is 2.87. The maximum Gasteiger partial charge on any atom is 0.273 e. The molecule has 1 amide bonds. The first kappa shape index (κ1) is 23.2. The summed E-state index contributed by atoms with van der Waals surface area (Å²) in [6.07, 6.45) is 0. The van der Waals surface area contributed by atoms with Gasteiger partial charge in [0, 0.05) is 19.6 Å². The fourth-order valence-corrected chi connectivity index (χ4v) is 5.23. The molecule has 0 aliphatic carbocycles. The predicted octanol–water partition coefficient (Wildman–Crippen LogP) is 2.80. The molecule has 0 saturated heterocycles. The third-order valence-corrected chi connectivity index (χ3v) is 7.87. The molecule has 2 aromatic rings. The van der Waals surface area contributed by atoms with Gasteiger partial charge in [-0.2, -0.15) is 0 Å². The highest BCUT2D eigenvalue weighted by Crippen LogP contribution is 2.26. The van der Waals surface area contributed by atoms with Crippen molar-refractivity contribution in [3.8, 4) is 5.75 Å². The van der Waals surface area contributed by atoms with Crippen LogP contribution in [0.1, 0.15) is 20.8 Å². The monoisotopic (exact) mass is 439 g/mol. The third-order valence-electron chi connectivity index (χ3n) is 4.71. The van der Waals surface area contributed by atoms with Crippen molar-refractivity contribution in [3.63, 3.8) is 0 Å². The molecule has 0 radical (unpaired) electrons. The van der Waals surface area contributed by atoms with E-state index in [0.29, 0.717) is 18.0 Å². The Kier molecular flexibility index (Phi) is 8.48. The lowest BCUT2D eigenvalue weighted by Crippen LogP contribution is -2.43. The van der Waals surface area contributed by atoms with E-state index in [1.807, 2.05) is 0 Å². The van der Waals surface area contributed by atoms with Crippen LogP contribution in [0.15, 0.2) is 46.0 Å². The number of carbonyl (C=O) groups is 1. The van der Waals surface area contributed by atoms with Crippen molar-refractivity contribution in [1.29, 1.82) is 0 Å². The summed E-state index contributed by atoms with van der Waals surface area (Å²) in [7, 11) is -2.06. The van der Waals surface area contributed by atoms with Crippen LogP contribution in [0.25, 0.3) is 0 Å². The van der Waals surface area contributed by atoms with E-state index in [-0.39, 0.29) is 22.8 Å². The highest BCUT2D eigenvalue weighted by atomic mass is 32.2. The Balaban J connectivity index is 1.87. The van der Waals surface area contributed by atoms with Crippen LogP contribution < -0.4 is 14.4 Å². The molecule has 7 nitrogen and oxygen atoms in total. The van der Waals surface area contributed by atoms with Crippen LogP contribution in [0, 0.1) is 0 Å². The highest BCUT2D eigenvalue weighted by Gasteiger charge is 2.22. The second kappa shape index (κ2) is 10.6. The Hall–Kier alpha value is -2.10. The van der Waals surface area contributed by atoms with Gasteiger partial charge in [-0.15, -0.1) is 11.3 Å². The number of anilines is 1. The topological polar surface area (TPSA) is 79.0 Å². The number of sulfonamides is 1. The molecule has 0 spiro atoms. The summed E-state index contributed by atoms with van der Waals surface area (Å²) < 4.78 is 32.1. The van der Waals surface area contributed by atoms with Gasteiger partial charge in [-0.25, -0.2) is 8.42 Å². The average molecular weight is 440 g/mol. The van der Waals surface area contributed by atoms with Crippen molar-refractivity contribution in [1.82, 2.24) is 10.2 Å². The van der Waals surface area contributed by atoms with E-state index in [4.69, 9.17) is 4.74 Å². The van der Waals surface area contributed by atoms with Gasteiger partial charge >= 0.3 is 0 Å². The number of nitrogens with one attached hydrogen (secondary N) is 1. The number of rotatable bonds is 11. The number of nitrogens with zero attached hydrogens (tertiary/aromatic N) is 2. The van der Waals surface area contributed by atoms with Gasteiger partial charge in [-0.1, -0.05) is 19.9 Å². The Morgan fingerprint density at radius 3 is 2.38 bits per heavy atom. The molecule has 0 fully saturated rings. The Bertz CT molecular complexity index is 864. The number of hydrogen-bond donors (Lipinski definition) is 1. The molecular weight excluding hydrogens is 410 g/mol. The number of likely N-dealkylation sites (N-methyl/N-ethyl adjacent to an activating group) is 1. The number of thiophene rings is 1. The summed E-state index contributed by atoms with van der Waals surface area (Å²) in [6, 6.07) is 10.2. The van der Waals surface area contributed by atoms with E-state index in [1.54, 1.807) is 41.8 Å². The van der Waals surface area contributed by atoms with Crippen molar-refractivity contribution in [2.24, 2.45) is 0 Å². The minimum absolute atomic E-state index is 0.0896. The minimum atomic E-state index is -3.57. The Morgan fingerprint density at radius 2 is 1.83 bits per heavy atom. The van der Waals surface area contributed by atoms with Gasteiger partial charge in [0.05, 0.1) is 5.69 Å². The van der Waals surface area contributed by atoms with E-state index in [1.165, 1.54) is 22.7 Å². The molecule has 0 aliphatic rings. The van der Waals surface area contributed by atoms with E-state index < -0.39 is 10.0 Å². The number of benzene rings is 1. The number of carbonyl (C=O) groups excluding carboxylic acids is 1. The first-order valence-corrected chi connectivity index (χ1v) is 11.9. The molecule has 1 heterocycles. The van der Waals surface area contributed by atoms with E-state index in [2.05, 4.69) is 31.0 Å². The smallest absolute Gasteiger partial charge is 0.273 e. The van der Waals surface area contributed by atoms with E-state index in [0.717, 1.165) is 13.1 Å². The summed E-state index contributed by atoms with van der Waals surface area (Å²) >= 11 is 1.18. The summed E-state index contributed by atoms with van der Waals surface area (Å²) in [4.78, 5) is 14.3. The summed E-state index contributed by atoms with van der Waals surface area (Å²) in [6.45, 7) is 8.62. The maximum atomic E-state index is 12.6. The molecule has 0 bridgehead atoms. The molecule has 29 heavy (non-hydrogen) atoms. The molecule has 1 aromatic heterocycles. The fraction of sp³-hybridized carbons (Fsp3) is 0.450. The number of amides is 1. The van der Waals surface area contributed by atoms with Crippen LogP contribution in [-0.4, -0.2) is 58.6 Å². The van der Waals surface area contributed by atoms with Crippen LogP contribution >= 0.6 is 11.3 Å². The number of hydrogen-bond acceptors (Lipinski definition) is 6. The average Bonchev–Trinajstić information content (AvgIpc) is 3.27. The van der Waals surface area contributed by atoms with Gasteiger partial charge in [0.1, 0.15) is 9.96 Å². The normalized spacial score (nSPS) is 12.6. The van der Waals surface area contributed by atoms with Gasteiger partial charge < -0.3 is 10.1 Å². The molecule has 0 aliphatic heterocycles. The molecular formula is C20H29N3O4S2. The zero-order chi connectivity index (χ0) is 21.4. The maximum absolute atomic E-state index is 12.6. The van der Waals surface area contributed by atoms with Crippen molar-refractivity contribution in [2.45, 2.75) is 31.0 Å². The van der Waals surface area contributed by atoms with Crippen LogP contribution in [0.3, 0.4) is 0 Å². The Morgan fingerprint density at radius 1 is 1.17 bits per heavy atom. The second-order valence-electron chi connectivity index (χ2n) is 6.56. The zero-order valence-electron chi connectivity index (χ0n) is 17.3. The van der Waals surface area contributed by atoms with Gasteiger partial charge in [-0.3, -0.25) is 14.0 Å². The summed E-state index contributed by atoms with van der Waals surface area (Å²) in [5.41, 5.74) is 0.517. The molecule has 2 rings (SSSR count). The first-order valence-electron chi connectivity index (χ1n) is 9.55. The Labute approximate surface area is 177 Å². The van der Waals surface area contributed by atoms with Crippen LogP contribution in [0.4, 0.5) is 5.69 Å². The van der Waals surface area contributed by atoms with Crippen molar-refractivity contribution < 1.29 is 17.9 Å². The molecule has 1 aromatic carbocycles. The largest absolute Gasteiger partial charge is 0.484 e. The molecule has 1 unspecified atom stereocenters. The van der Waals surface area contributed by atoms with Crippen LogP contribution in [-0.2, 0) is 14.8 Å². The van der Waals surface area contributed by atoms with Crippen molar-refractivity contribution >= 4 is 33.0 Å². The first-order chi connectivity index (χ1) is 13.8. The third kappa shape index (κ3) is 6.19. The quantitative estimate of drug-likeness (QED) is 0.582. The van der Waals surface area contributed by atoms with Gasteiger partial charge in [0.2, 0.25) is 0 Å². The van der Waals surface area contributed by atoms with E-state index in [9.17, 15) is 13.2 Å². The predicted molar refractivity (Wildman–Crippen MR) is 117 cm³/mol. The molecule has 0 saturated carbocycles. The lowest BCUT2D eigenvalue weighted by atomic mass is 10.2. The molecule has 1 atom stereocenters. The highest BCUT2D eigenvalue weighted by molar-refractivity contribution is 7.94. The standard InChI is InChI=1S/C20H29N3O4S2/c1-5-23(6-2)16(3)14-21-19(24)15-27-18-11-9-17(10-12-18)22(4)29(25,26)20-8-7-13-28-20/h7-13,16H,5-6,14-15H2,1-4H3,(H,21,24). The molecule has 9 heteroatoms. The minimum Gasteiger partial charge on any atom is -0.484 e. The second-order valence-corrected chi connectivity index (χ2v) is 9.71. The van der Waals surface area contributed by atoms with E-state index >= 15 is 0 Å². The van der Waals surface area contributed by atoms with Crippen molar-refractivity contribution in [3.05, 3.63) is 41.8 Å². The van der Waals surface area contributed by atoms with Gasteiger partial charge in [0.25, 0.3) is 15.9 Å². The zero-order valence-corrected chi connectivity index (χ0v) is 18.9. The summed E-state index contributed by atoms with van der Waals surface area (Å²) in [5, 5.41) is 4.60. The number of ether oxygens (including phenoxy) is 1. The van der Waals surface area contributed by atoms with Crippen molar-refractivity contribution in [2.75, 3.05) is 37.6 Å². The lowest BCUT2D eigenvalue weighted by molar-refractivity contribution is -0.123. The lowest BCUT2D eigenvalue weighted by Gasteiger charge is -2.26. The van der Waals surface area contributed by atoms with Gasteiger partial charge in [0.15, 0.2) is 6.61 Å². The SMILES string of the molecule is CCN(CC)C(C)CNC(=O)COc1ccc(N(C)S(=O)(=O)c2cccs2)cc1. The summed E-state index contributed by atoms with van der Waals surface area (Å²) in [5.74, 6) is 0.313. The van der Waals surface area contributed by atoms with Crippen LogP contribution in [0.5, 0.6) is 5.75 Å². The molecule has 160 valence electrons. The molecule has 1 N–H and O–H groups in total. The van der Waals surface area contributed by atoms with Gasteiger partial charge in [-0.05, 0) is 55.7 Å².